The summed E-state index contributed by atoms with van der Waals surface area (Å²) >= 11 is 0. The Labute approximate surface area is 118 Å². The zero-order valence-corrected chi connectivity index (χ0v) is 11.5. The molecule has 0 radical (unpaired) electrons. The van der Waals surface area contributed by atoms with E-state index in [1.165, 1.54) is 12.1 Å². The summed E-state index contributed by atoms with van der Waals surface area (Å²) in [6, 6.07) is 3.89. The molecular weight excluding hydrogens is 258 g/mol. The SMILES string of the molecule is O=C[C@@H]1CC[C@@H]2CC(c3cc(F)cc(F)c3)CC[C@@H]2C1. The van der Waals surface area contributed by atoms with Crippen LogP contribution in [0.15, 0.2) is 18.2 Å². The number of hydrogen-bond donors (Lipinski definition) is 0. The molecule has 2 aliphatic rings. The zero-order chi connectivity index (χ0) is 14.1. The average Bonchev–Trinajstić information content (AvgIpc) is 2.45. The van der Waals surface area contributed by atoms with Crippen LogP contribution in [0.5, 0.6) is 0 Å². The maximum absolute atomic E-state index is 13.3. The molecule has 1 nitrogen and oxygen atoms in total. The van der Waals surface area contributed by atoms with Gasteiger partial charge in [-0.05, 0) is 74.0 Å². The molecule has 2 saturated carbocycles. The Balaban J connectivity index is 1.71. The molecule has 20 heavy (non-hydrogen) atoms. The first-order valence-electron chi connectivity index (χ1n) is 7.57. The summed E-state index contributed by atoms with van der Waals surface area (Å²) < 4.78 is 26.7. The summed E-state index contributed by atoms with van der Waals surface area (Å²) in [5, 5.41) is 0. The monoisotopic (exact) mass is 278 g/mol. The summed E-state index contributed by atoms with van der Waals surface area (Å²) in [7, 11) is 0. The van der Waals surface area contributed by atoms with Gasteiger partial charge >= 0.3 is 0 Å². The summed E-state index contributed by atoms with van der Waals surface area (Å²) in [4.78, 5) is 10.9. The van der Waals surface area contributed by atoms with Crippen LogP contribution in [-0.4, -0.2) is 6.29 Å². The summed E-state index contributed by atoms with van der Waals surface area (Å²) in [6.45, 7) is 0. The zero-order valence-electron chi connectivity index (χ0n) is 11.5. The van der Waals surface area contributed by atoms with E-state index in [0.29, 0.717) is 11.8 Å². The number of fused-ring (bicyclic) bond motifs is 1. The predicted molar refractivity (Wildman–Crippen MR) is 73.3 cm³/mol. The molecule has 2 fully saturated rings. The number of aldehydes is 1. The number of carbonyl (C=O) groups is 1. The Morgan fingerprint density at radius 2 is 1.55 bits per heavy atom. The lowest BCUT2D eigenvalue weighted by molar-refractivity contribution is -0.113. The number of hydrogen-bond acceptors (Lipinski definition) is 1. The molecule has 0 aliphatic heterocycles. The van der Waals surface area contributed by atoms with Gasteiger partial charge in [0.05, 0.1) is 0 Å². The highest BCUT2D eigenvalue weighted by atomic mass is 19.1. The van der Waals surface area contributed by atoms with Crippen molar-refractivity contribution < 1.29 is 13.6 Å². The van der Waals surface area contributed by atoms with Gasteiger partial charge in [-0.3, -0.25) is 0 Å². The van der Waals surface area contributed by atoms with E-state index in [4.69, 9.17) is 0 Å². The number of halogens is 2. The minimum Gasteiger partial charge on any atom is -0.303 e. The summed E-state index contributed by atoms with van der Waals surface area (Å²) in [5.74, 6) is 0.803. The molecule has 1 aromatic carbocycles. The molecule has 4 atom stereocenters. The lowest BCUT2D eigenvalue weighted by atomic mass is 9.64. The van der Waals surface area contributed by atoms with E-state index in [-0.39, 0.29) is 11.8 Å². The lowest BCUT2D eigenvalue weighted by Gasteiger charge is -2.41. The van der Waals surface area contributed by atoms with E-state index in [1.807, 2.05) is 0 Å². The van der Waals surface area contributed by atoms with E-state index in [2.05, 4.69) is 0 Å². The molecule has 0 heterocycles. The van der Waals surface area contributed by atoms with Crippen LogP contribution in [-0.2, 0) is 4.79 Å². The third-order valence-corrected chi connectivity index (χ3v) is 5.20. The van der Waals surface area contributed by atoms with Crippen molar-refractivity contribution in [3.8, 4) is 0 Å². The van der Waals surface area contributed by atoms with Crippen LogP contribution < -0.4 is 0 Å². The topological polar surface area (TPSA) is 17.1 Å². The normalized spacial score (nSPS) is 33.5. The van der Waals surface area contributed by atoms with Crippen molar-refractivity contribution in [2.45, 2.75) is 44.4 Å². The van der Waals surface area contributed by atoms with Gasteiger partial charge in [0.2, 0.25) is 0 Å². The molecule has 3 heteroatoms. The van der Waals surface area contributed by atoms with E-state index in [9.17, 15) is 13.6 Å². The Hall–Kier alpha value is -1.25. The van der Waals surface area contributed by atoms with Crippen LogP contribution in [0, 0.1) is 29.4 Å². The number of benzene rings is 1. The van der Waals surface area contributed by atoms with Crippen LogP contribution >= 0.6 is 0 Å². The van der Waals surface area contributed by atoms with E-state index in [1.54, 1.807) is 0 Å². The lowest BCUT2D eigenvalue weighted by Crippen LogP contribution is -2.30. The smallest absolute Gasteiger partial charge is 0.126 e. The van der Waals surface area contributed by atoms with Crippen molar-refractivity contribution >= 4 is 6.29 Å². The van der Waals surface area contributed by atoms with Crippen LogP contribution in [0.4, 0.5) is 8.78 Å². The Morgan fingerprint density at radius 1 is 0.900 bits per heavy atom. The van der Waals surface area contributed by atoms with Crippen molar-refractivity contribution in [2.24, 2.45) is 17.8 Å². The van der Waals surface area contributed by atoms with Gasteiger partial charge in [-0.2, -0.15) is 0 Å². The molecule has 108 valence electrons. The van der Waals surface area contributed by atoms with Gasteiger partial charge in [0.25, 0.3) is 0 Å². The second kappa shape index (κ2) is 5.63. The quantitative estimate of drug-likeness (QED) is 0.730. The minimum absolute atomic E-state index is 0.236. The van der Waals surface area contributed by atoms with Crippen molar-refractivity contribution in [1.29, 1.82) is 0 Å². The fraction of sp³-hybridized carbons (Fsp3) is 0.588. The predicted octanol–water partition coefficient (Wildman–Crippen LogP) is 4.46. The molecule has 0 spiro atoms. The van der Waals surface area contributed by atoms with Gasteiger partial charge in [0, 0.05) is 12.0 Å². The molecule has 0 N–H and O–H groups in total. The van der Waals surface area contributed by atoms with E-state index in [0.717, 1.165) is 56.4 Å². The van der Waals surface area contributed by atoms with Crippen molar-refractivity contribution in [1.82, 2.24) is 0 Å². The highest BCUT2D eigenvalue weighted by Crippen LogP contribution is 2.47. The van der Waals surface area contributed by atoms with Crippen LogP contribution in [0.1, 0.15) is 50.0 Å². The van der Waals surface area contributed by atoms with Crippen LogP contribution in [0.2, 0.25) is 0 Å². The largest absolute Gasteiger partial charge is 0.303 e. The van der Waals surface area contributed by atoms with Gasteiger partial charge in [-0.15, -0.1) is 0 Å². The molecule has 0 saturated heterocycles. The Bertz CT molecular complexity index is 480. The molecule has 2 aliphatic carbocycles. The van der Waals surface area contributed by atoms with Crippen LogP contribution in [0.3, 0.4) is 0 Å². The van der Waals surface area contributed by atoms with Gasteiger partial charge in [0.1, 0.15) is 17.9 Å². The van der Waals surface area contributed by atoms with Gasteiger partial charge in [-0.1, -0.05) is 0 Å². The van der Waals surface area contributed by atoms with Crippen molar-refractivity contribution in [2.75, 3.05) is 0 Å². The molecule has 0 amide bonds. The van der Waals surface area contributed by atoms with E-state index < -0.39 is 11.6 Å². The third-order valence-electron chi connectivity index (χ3n) is 5.20. The van der Waals surface area contributed by atoms with Gasteiger partial charge in [0.15, 0.2) is 0 Å². The summed E-state index contributed by atoms with van der Waals surface area (Å²) in [6.07, 6.45) is 7.26. The Kier molecular flexibility index (Phi) is 3.86. The van der Waals surface area contributed by atoms with Crippen LogP contribution in [0.25, 0.3) is 0 Å². The minimum atomic E-state index is -0.480. The first-order chi connectivity index (χ1) is 9.65. The van der Waals surface area contributed by atoms with Gasteiger partial charge < -0.3 is 4.79 Å². The third kappa shape index (κ3) is 2.77. The van der Waals surface area contributed by atoms with Crippen molar-refractivity contribution in [3.05, 3.63) is 35.4 Å². The fourth-order valence-corrected chi connectivity index (χ4v) is 4.16. The average molecular weight is 278 g/mol. The molecule has 0 aromatic heterocycles. The van der Waals surface area contributed by atoms with Crippen molar-refractivity contribution in [3.63, 3.8) is 0 Å². The standard InChI is InChI=1S/C17H20F2O/c18-16-7-15(8-17(19)9-16)14-4-3-12-5-11(10-20)1-2-13(12)6-14/h7-14H,1-6H2/t11-,12-,13-,14?/m1/s1. The maximum atomic E-state index is 13.3. The molecule has 1 unspecified atom stereocenters. The first-order valence-corrected chi connectivity index (χ1v) is 7.57. The summed E-state index contributed by atoms with van der Waals surface area (Å²) in [5.41, 5.74) is 0.804. The number of carbonyl (C=O) groups excluding carboxylic acids is 1. The molecule has 3 rings (SSSR count). The second-order valence-corrected chi connectivity index (χ2v) is 6.44. The second-order valence-electron chi connectivity index (χ2n) is 6.44. The highest BCUT2D eigenvalue weighted by Gasteiger charge is 2.36. The molecular formula is C17H20F2O. The number of rotatable bonds is 2. The Morgan fingerprint density at radius 3 is 2.25 bits per heavy atom. The van der Waals surface area contributed by atoms with Gasteiger partial charge in [-0.25, -0.2) is 8.78 Å². The highest BCUT2D eigenvalue weighted by molar-refractivity contribution is 5.53. The molecule has 0 bridgehead atoms. The fourth-order valence-electron chi connectivity index (χ4n) is 4.16. The molecule has 1 aromatic rings. The first kappa shape index (κ1) is 13.7. The maximum Gasteiger partial charge on any atom is 0.126 e. The van der Waals surface area contributed by atoms with E-state index >= 15 is 0 Å².